The Morgan fingerprint density at radius 1 is 1.00 bits per heavy atom. The number of aliphatic imine (C=N–C) groups is 1. The van der Waals surface area contributed by atoms with Crippen molar-refractivity contribution in [3.63, 3.8) is 0 Å². The van der Waals surface area contributed by atoms with Crippen molar-refractivity contribution in [2.45, 2.75) is 13.5 Å². The molecule has 22 heavy (non-hydrogen) atoms. The molecular formula is C19H15N3. The molecule has 0 radical (unpaired) electrons. The van der Waals surface area contributed by atoms with Gasteiger partial charge in [-0.3, -0.25) is 15.0 Å². The molecule has 0 N–H and O–H groups in total. The molecule has 106 valence electrons. The molecule has 2 aromatic heterocycles. The molecule has 0 aliphatic carbocycles. The lowest BCUT2D eigenvalue weighted by atomic mass is 9.99. The standard InChI is InChI=1S/C19H15N3/c1-13-4-2-6-18(22-13)17-5-3-9-21-19(17)14-7-8-15-11-20-12-16(15)10-14/h2-10,12H,11H2,1H3. The first-order chi connectivity index (χ1) is 10.8. The van der Waals surface area contributed by atoms with Crippen LogP contribution < -0.4 is 0 Å². The van der Waals surface area contributed by atoms with Gasteiger partial charge in [-0.15, -0.1) is 0 Å². The number of nitrogens with zero attached hydrogens (tertiary/aromatic N) is 3. The second kappa shape index (κ2) is 5.19. The second-order valence-corrected chi connectivity index (χ2v) is 5.45. The van der Waals surface area contributed by atoms with Crippen LogP contribution in [-0.4, -0.2) is 16.2 Å². The summed E-state index contributed by atoms with van der Waals surface area (Å²) in [7, 11) is 0. The quantitative estimate of drug-likeness (QED) is 0.712. The third-order valence-electron chi connectivity index (χ3n) is 3.88. The number of benzene rings is 1. The van der Waals surface area contributed by atoms with Crippen molar-refractivity contribution in [2.75, 3.05) is 0 Å². The number of hydrogen-bond donors (Lipinski definition) is 0. The molecule has 1 aliphatic heterocycles. The monoisotopic (exact) mass is 285 g/mol. The highest BCUT2D eigenvalue weighted by atomic mass is 14.7. The van der Waals surface area contributed by atoms with E-state index in [1.54, 1.807) is 0 Å². The molecule has 0 fully saturated rings. The minimum absolute atomic E-state index is 0.782. The van der Waals surface area contributed by atoms with Crippen molar-refractivity contribution < 1.29 is 0 Å². The van der Waals surface area contributed by atoms with Crippen LogP contribution in [0, 0.1) is 6.92 Å². The molecule has 0 amide bonds. The fraction of sp³-hybridized carbons (Fsp3) is 0.105. The number of aromatic nitrogens is 2. The molecular weight excluding hydrogens is 270 g/mol. The summed E-state index contributed by atoms with van der Waals surface area (Å²) in [5.74, 6) is 0. The molecule has 1 aliphatic rings. The van der Waals surface area contributed by atoms with Gasteiger partial charge in [0.1, 0.15) is 0 Å². The van der Waals surface area contributed by atoms with Crippen LogP contribution in [-0.2, 0) is 6.54 Å². The van der Waals surface area contributed by atoms with Crippen molar-refractivity contribution in [2.24, 2.45) is 4.99 Å². The van der Waals surface area contributed by atoms with Gasteiger partial charge in [0.05, 0.1) is 17.9 Å². The van der Waals surface area contributed by atoms with Crippen LogP contribution >= 0.6 is 0 Å². The maximum Gasteiger partial charge on any atom is 0.0796 e. The van der Waals surface area contributed by atoms with E-state index < -0.39 is 0 Å². The number of hydrogen-bond acceptors (Lipinski definition) is 3. The summed E-state index contributed by atoms with van der Waals surface area (Å²) in [4.78, 5) is 13.6. The molecule has 1 aromatic carbocycles. The lowest BCUT2D eigenvalue weighted by Gasteiger charge is -2.10. The van der Waals surface area contributed by atoms with Crippen LogP contribution in [0.5, 0.6) is 0 Å². The van der Waals surface area contributed by atoms with E-state index in [0.717, 1.165) is 34.8 Å². The van der Waals surface area contributed by atoms with Gasteiger partial charge in [0.2, 0.25) is 0 Å². The number of aryl methyl sites for hydroxylation is 1. The Bertz CT molecular complexity index is 881. The maximum atomic E-state index is 4.64. The van der Waals surface area contributed by atoms with Crippen LogP contribution in [0.2, 0.25) is 0 Å². The van der Waals surface area contributed by atoms with Crippen LogP contribution in [0.25, 0.3) is 22.5 Å². The van der Waals surface area contributed by atoms with Gasteiger partial charge in [-0.1, -0.05) is 18.2 Å². The van der Waals surface area contributed by atoms with E-state index in [1.165, 1.54) is 11.1 Å². The Morgan fingerprint density at radius 2 is 1.95 bits per heavy atom. The van der Waals surface area contributed by atoms with Gasteiger partial charge < -0.3 is 0 Å². The van der Waals surface area contributed by atoms with Gasteiger partial charge in [0, 0.05) is 29.2 Å². The fourth-order valence-corrected chi connectivity index (χ4v) is 2.78. The summed E-state index contributed by atoms with van der Waals surface area (Å²) in [5.41, 5.74) is 7.54. The highest BCUT2D eigenvalue weighted by Gasteiger charge is 2.13. The first-order valence-electron chi connectivity index (χ1n) is 7.33. The highest BCUT2D eigenvalue weighted by Crippen LogP contribution is 2.30. The molecule has 3 aromatic rings. The van der Waals surface area contributed by atoms with Gasteiger partial charge >= 0.3 is 0 Å². The first-order valence-corrected chi connectivity index (χ1v) is 7.33. The third kappa shape index (κ3) is 2.21. The average Bonchev–Trinajstić information content (AvgIpc) is 3.02. The predicted molar refractivity (Wildman–Crippen MR) is 88.9 cm³/mol. The molecule has 3 heteroatoms. The van der Waals surface area contributed by atoms with Crippen LogP contribution in [0.3, 0.4) is 0 Å². The third-order valence-corrected chi connectivity index (χ3v) is 3.88. The SMILES string of the molecule is Cc1cccc(-c2cccnc2-c2ccc3c(c2)C=NC3)n1. The van der Waals surface area contributed by atoms with Crippen molar-refractivity contribution in [3.05, 3.63) is 71.5 Å². The fourth-order valence-electron chi connectivity index (χ4n) is 2.78. The van der Waals surface area contributed by atoms with E-state index in [4.69, 9.17) is 0 Å². The Hall–Kier alpha value is -2.81. The predicted octanol–water partition coefficient (Wildman–Crippen LogP) is 4.05. The summed E-state index contributed by atoms with van der Waals surface area (Å²) >= 11 is 0. The Labute approximate surface area is 129 Å². The minimum Gasteiger partial charge on any atom is -0.288 e. The Balaban J connectivity index is 1.88. The van der Waals surface area contributed by atoms with E-state index in [9.17, 15) is 0 Å². The van der Waals surface area contributed by atoms with Gasteiger partial charge in [0.15, 0.2) is 0 Å². The molecule has 4 rings (SSSR count). The van der Waals surface area contributed by atoms with Gasteiger partial charge in [0.25, 0.3) is 0 Å². The zero-order chi connectivity index (χ0) is 14.9. The summed E-state index contributed by atoms with van der Waals surface area (Å²) in [6.45, 7) is 2.79. The second-order valence-electron chi connectivity index (χ2n) is 5.45. The zero-order valence-corrected chi connectivity index (χ0v) is 12.3. The summed E-state index contributed by atoms with van der Waals surface area (Å²) in [6.07, 6.45) is 3.77. The molecule has 3 nitrogen and oxygen atoms in total. The Morgan fingerprint density at radius 3 is 2.86 bits per heavy atom. The van der Waals surface area contributed by atoms with Crippen molar-refractivity contribution in [1.29, 1.82) is 0 Å². The minimum atomic E-state index is 0.782. The summed E-state index contributed by atoms with van der Waals surface area (Å²) < 4.78 is 0. The maximum absolute atomic E-state index is 4.64. The molecule has 0 unspecified atom stereocenters. The van der Waals surface area contributed by atoms with Crippen LogP contribution in [0.1, 0.15) is 16.8 Å². The lowest BCUT2D eigenvalue weighted by Crippen LogP contribution is -1.93. The smallest absolute Gasteiger partial charge is 0.0796 e. The van der Waals surface area contributed by atoms with E-state index in [1.807, 2.05) is 43.6 Å². The van der Waals surface area contributed by atoms with E-state index >= 15 is 0 Å². The van der Waals surface area contributed by atoms with Crippen molar-refractivity contribution in [3.8, 4) is 22.5 Å². The first kappa shape index (κ1) is 12.9. The largest absolute Gasteiger partial charge is 0.288 e. The summed E-state index contributed by atoms with van der Waals surface area (Å²) in [5, 5.41) is 0. The Kier molecular flexibility index (Phi) is 3.04. The van der Waals surface area contributed by atoms with E-state index in [2.05, 4.69) is 39.2 Å². The van der Waals surface area contributed by atoms with Gasteiger partial charge in [-0.2, -0.15) is 0 Å². The topological polar surface area (TPSA) is 38.1 Å². The lowest BCUT2D eigenvalue weighted by molar-refractivity contribution is 1.11. The van der Waals surface area contributed by atoms with E-state index in [0.29, 0.717) is 0 Å². The molecule has 3 heterocycles. The molecule has 0 atom stereocenters. The van der Waals surface area contributed by atoms with Crippen molar-refractivity contribution >= 4 is 6.21 Å². The number of pyridine rings is 2. The highest BCUT2D eigenvalue weighted by molar-refractivity contribution is 5.88. The number of rotatable bonds is 2. The van der Waals surface area contributed by atoms with Gasteiger partial charge in [-0.05, 0) is 48.4 Å². The van der Waals surface area contributed by atoms with E-state index in [-0.39, 0.29) is 0 Å². The van der Waals surface area contributed by atoms with Crippen LogP contribution in [0.4, 0.5) is 0 Å². The normalized spacial score (nSPS) is 12.4. The average molecular weight is 285 g/mol. The number of fused-ring (bicyclic) bond motifs is 1. The zero-order valence-electron chi connectivity index (χ0n) is 12.3. The summed E-state index contributed by atoms with van der Waals surface area (Å²) in [6, 6.07) is 16.5. The van der Waals surface area contributed by atoms with Crippen LogP contribution in [0.15, 0.2) is 59.7 Å². The molecule has 0 bridgehead atoms. The van der Waals surface area contributed by atoms with Gasteiger partial charge in [-0.25, -0.2) is 0 Å². The molecule has 0 saturated heterocycles. The molecule has 0 saturated carbocycles. The van der Waals surface area contributed by atoms with Crippen molar-refractivity contribution in [1.82, 2.24) is 9.97 Å². The molecule has 0 spiro atoms.